The third kappa shape index (κ3) is 1.91. The molecule has 3 heterocycles. The maximum Gasteiger partial charge on any atom is 0.114 e. The van der Waals surface area contributed by atoms with E-state index < -0.39 is 0 Å². The highest BCUT2D eigenvalue weighted by molar-refractivity contribution is 5.54. The normalized spacial score (nSPS) is 20.9. The Morgan fingerprint density at radius 2 is 2.39 bits per heavy atom. The summed E-state index contributed by atoms with van der Waals surface area (Å²) < 4.78 is 2.19. The minimum absolute atomic E-state index is 0.568. The Labute approximate surface area is 107 Å². The first-order valence-corrected chi connectivity index (χ1v) is 6.63. The van der Waals surface area contributed by atoms with Crippen LogP contribution in [0.3, 0.4) is 0 Å². The largest absolute Gasteiger partial charge is 0.326 e. The summed E-state index contributed by atoms with van der Waals surface area (Å²) in [6.07, 6.45) is 7.65. The molecule has 2 aromatic heterocycles. The van der Waals surface area contributed by atoms with E-state index in [0.29, 0.717) is 12.6 Å². The number of likely N-dealkylation sites (N-methyl/N-ethyl adjacent to an activating group) is 1. The minimum atomic E-state index is 0.568. The highest BCUT2D eigenvalue weighted by Crippen LogP contribution is 2.20. The summed E-state index contributed by atoms with van der Waals surface area (Å²) >= 11 is 0. The van der Waals surface area contributed by atoms with Crippen molar-refractivity contribution >= 4 is 5.52 Å². The standard InChI is InChI=1S/C14H20N4/c1-17-6-3-5-12(17)8-14-16-10-13-11(9-15)4-2-7-18(13)14/h2,4,7,10,12H,3,5-6,8-9,15H2,1H3. The molecule has 0 amide bonds. The van der Waals surface area contributed by atoms with E-state index in [-0.39, 0.29) is 0 Å². The molecule has 1 atom stereocenters. The molecule has 2 aromatic rings. The van der Waals surface area contributed by atoms with Crippen LogP contribution in [0.4, 0.5) is 0 Å². The van der Waals surface area contributed by atoms with Crippen molar-refractivity contribution in [1.82, 2.24) is 14.3 Å². The second-order valence-corrected chi connectivity index (χ2v) is 5.15. The Kier molecular flexibility index (Phi) is 3.06. The number of hydrogen-bond donors (Lipinski definition) is 1. The van der Waals surface area contributed by atoms with Crippen LogP contribution in [0.2, 0.25) is 0 Å². The van der Waals surface area contributed by atoms with Gasteiger partial charge in [-0.15, -0.1) is 0 Å². The zero-order chi connectivity index (χ0) is 12.5. The quantitative estimate of drug-likeness (QED) is 0.888. The fourth-order valence-electron chi connectivity index (χ4n) is 2.91. The Morgan fingerprint density at radius 3 is 3.11 bits per heavy atom. The topological polar surface area (TPSA) is 46.6 Å². The number of fused-ring (bicyclic) bond motifs is 1. The Balaban J connectivity index is 1.93. The van der Waals surface area contributed by atoms with Crippen molar-refractivity contribution in [2.45, 2.75) is 31.8 Å². The molecular weight excluding hydrogens is 224 g/mol. The van der Waals surface area contributed by atoms with Gasteiger partial charge in [-0.2, -0.15) is 0 Å². The monoisotopic (exact) mass is 244 g/mol. The van der Waals surface area contributed by atoms with Gasteiger partial charge in [0.15, 0.2) is 0 Å². The van der Waals surface area contributed by atoms with E-state index in [2.05, 4.69) is 39.7 Å². The number of imidazole rings is 1. The molecule has 2 N–H and O–H groups in total. The molecule has 4 nitrogen and oxygen atoms in total. The van der Waals surface area contributed by atoms with Crippen molar-refractivity contribution in [2.75, 3.05) is 13.6 Å². The zero-order valence-corrected chi connectivity index (χ0v) is 10.8. The van der Waals surface area contributed by atoms with Crippen molar-refractivity contribution in [1.29, 1.82) is 0 Å². The summed E-state index contributed by atoms with van der Waals surface area (Å²) in [5.74, 6) is 1.15. The molecule has 1 aliphatic heterocycles. The fraction of sp³-hybridized carbons (Fsp3) is 0.500. The number of likely N-dealkylation sites (tertiary alicyclic amines) is 1. The van der Waals surface area contributed by atoms with Gasteiger partial charge in [-0.25, -0.2) is 4.98 Å². The van der Waals surface area contributed by atoms with Gasteiger partial charge in [0, 0.05) is 25.2 Å². The zero-order valence-electron chi connectivity index (χ0n) is 10.8. The van der Waals surface area contributed by atoms with Crippen LogP contribution in [0.25, 0.3) is 5.52 Å². The molecule has 0 saturated carbocycles. The van der Waals surface area contributed by atoms with Gasteiger partial charge in [0.1, 0.15) is 5.82 Å². The summed E-state index contributed by atoms with van der Waals surface area (Å²) in [5.41, 5.74) is 8.07. The predicted octanol–water partition coefficient (Wildman–Crippen LogP) is 1.43. The lowest BCUT2D eigenvalue weighted by Crippen LogP contribution is -2.27. The van der Waals surface area contributed by atoms with E-state index in [1.165, 1.54) is 19.4 Å². The van der Waals surface area contributed by atoms with Gasteiger partial charge in [0.05, 0.1) is 11.7 Å². The molecule has 0 aliphatic carbocycles. The van der Waals surface area contributed by atoms with E-state index >= 15 is 0 Å². The summed E-state index contributed by atoms with van der Waals surface area (Å²) in [5, 5.41) is 0. The fourth-order valence-corrected chi connectivity index (χ4v) is 2.91. The maximum atomic E-state index is 5.76. The summed E-state index contributed by atoms with van der Waals surface area (Å²) in [6, 6.07) is 4.76. The Morgan fingerprint density at radius 1 is 1.50 bits per heavy atom. The van der Waals surface area contributed by atoms with Crippen LogP contribution in [0.5, 0.6) is 0 Å². The van der Waals surface area contributed by atoms with Gasteiger partial charge in [-0.05, 0) is 38.1 Å². The smallest absolute Gasteiger partial charge is 0.114 e. The van der Waals surface area contributed by atoms with E-state index in [9.17, 15) is 0 Å². The molecule has 0 spiro atoms. The predicted molar refractivity (Wildman–Crippen MR) is 72.4 cm³/mol. The molecule has 4 heteroatoms. The Bertz CT molecular complexity index is 546. The maximum absolute atomic E-state index is 5.76. The van der Waals surface area contributed by atoms with Crippen LogP contribution in [-0.4, -0.2) is 33.9 Å². The molecule has 3 rings (SSSR count). The van der Waals surface area contributed by atoms with Crippen LogP contribution in [0, 0.1) is 0 Å². The van der Waals surface area contributed by atoms with Crippen molar-refractivity contribution in [3.8, 4) is 0 Å². The first-order chi connectivity index (χ1) is 8.79. The molecule has 1 saturated heterocycles. The second-order valence-electron chi connectivity index (χ2n) is 5.15. The van der Waals surface area contributed by atoms with Crippen molar-refractivity contribution in [3.05, 3.63) is 35.9 Å². The molecule has 0 bridgehead atoms. The third-order valence-electron chi connectivity index (χ3n) is 4.04. The SMILES string of the molecule is CN1CCCC1Cc1ncc2c(CN)cccn12. The van der Waals surface area contributed by atoms with Crippen LogP contribution >= 0.6 is 0 Å². The van der Waals surface area contributed by atoms with E-state index in [1.807, 2.05) is 6.20 Å². The van der Waals surface area contributed by atoms with Crippen molar-refractivity contribution in [3.63, 3.8) is 0 Å². The van der Waals surface area contributed by atoms with Gasteiger partial charge in [-0.3, -0.25) is 0 Å². The van der Waals surface area contributed by atoms with Crippen LogP contribution in [0.1, 0.15) is 24.2 Å². The Hall–Kier alpha value is -1.39. The first kappa shape index (κ1) is 11.7. The average Bonchev–Trinajstić information content (AvgIpc) is 2.97. The summed E-state index contributed by atoms with van der Waals surface area (Å²) in [7, 11) is 2.21. The third-order valence-corrected chi connectivity index (χ3v) is 4.04. The van der Waals surface area contributed by atoms with Crippen LogP contribution < -0.4 is 5.73 Å². The second kappa shape index (κ2) is 4.71. The van der Waals surface area contributed by atoms with Crippen LogP contribution in [0.15, 0.2) is 24.5 Å². The lowest BCUT2D eigenvalue weighted by atomic mass is 10.1. The average molecular weight is 244 g/mol. The molecule has 1 aliphatic rings. The van der Waals surface area contributed by atoms with Gasteiger partial charge < -0.3 is 15.0 Å². The van der Waals surface area contributed by atoms with Gasteiger partial charge in [-0.1, -0.05) is 6.07 Å². The number of aromatic nitrogens is 2. The van der Waals surface area contributed by atoms with Crippen LogP contribution in [-0.2, 0) is 13.0 Å². The highest BCUT2D eigenvalue weighted by atomic mass is 15.2. The van der Waals surface area contributed by atoms with E-state index in [4.69, 9.17) is 5.73 Å². The molecular formula is C14H20N4. The van der Waals surface area contributed by atoms with Gasteiger partial charge in [0.2, 0.25) is 0 Å². The molecule has 1 fully saturated rings. The highest BCUT2D eigenvalue weighted by Gasteiger charge is 2.22. The molecule has 96 valence electrons. The number of pyridine rings is 1. The summed E-state index contributed by atoms with van der Waals surface area (Å²) in [4.78, 5) is 7.02. The van der Waals surface area contributed by atoms with Gasteiger partial charge >= 0.3 is 0 Å². The number of rotatable bonds is 3. The van der Waals surface area contributed by atoms with Crippen molar-refractivity contribution < 1.29 is 0 Å². The number of nitrogens with two attached hydrogens (primary N) is 1. The number of hydrogen-bond acceptors (Lipinski definition) is 3. The first-order valence-electron chi connectivity index (χ1n) is 6.63. The molecule has 0 radical (unpaired) electrons. The van der Waals surface area contributed by atoms with E-state index in [1.54, 1.807) is 0 Å². The lowest BCUT2D eigenvalue weighted by Gasteiger charge is -2.18. The van der Waals surface area contributed by atoms with Gasteiger partial charge in [0.25, 0.3) is 0 Å². The number of nitrogens with zero attached hydrogens (tertiary/aromatic N) is 3. The molecule has 0 aromatic carbocycles. The molecule has 18 heavy (non-hydrogen) atoms. The lowest BCUT2D eigenvalue weighted by molar-refractivity contribution is 0.305. The minimum Gasteiger partial charge on any atom is -0.326 e. The molecule has 1 unspecified atom stereocenters. The van der Waals surface area contributed by atoms with E-state index in [0.717, 1.165) is 23.3 Å². The summed E-state index contributed by atoms with van der Waals surface area (Å²) in [6.45, 7) is 1.78. The van der Waals surface area contributed by atoms with Crippen molar-refractivity contribution in [2.24, 2.45) is 5.73 Å².